The second-order valence-electron chi connectivity index (χ2n) is 7.93. The summed E-state index contributed by atoms with van der Waals surface area (Å²) in [6.07, 6.45) is 1.24. The number of carbonyl (C=O) groups excluding carboxylic acids is 1. The van der Waals surface area contributed by atoms with Crippen molar-refractivity contribution in [3.05, 3.63) is 46.2 Å². The van der Waals surface area contributed by atoms with E-state index in [9.17, 15) is 19.5 Å². The van der Waals surface area contributed by atoms with E-state index >= 15 is 0 Å². The third-order valence-corrected chi connectivity index (χ3v) is 5.47. The van der Waals surface area contributed by atoms with Gasteiger partial charge in [0.15, 0.2) is 0 Å². The molecule has 1 aliphatic rings. The van der Waals surface area contributed by atoms with E-state index < -0.39 is 17.9 Å². The van der Waals surface area contributed by atoms with Gasteiger partial charge in [0.1, 0.15) is 0 Å². The predicted molar refractivity (Wildman–Crippen MR) is 116 cm³/mol. The molecule has 1 aromatic carbocycles. The molecule has 0 unspecified atom stereocenters. The second-order valence-corrected chi connectivity index (χ2v) is 7.93. The van der Waals surface area contributed by atoms with Gasteiger partial charge in [0, 0.05) is 44.6 Å². The maximum atomic E-state index is 13.3. The van der Waals surface area contributed by atoms with Gasteiger partial charge in [-0.3, -0.25) is 19.2 Å². The molecule has 2 heterocycles. The highest BCUT2D eigenvalue weighted by Gasteiger charge is 2.32. The summed E-state index contributed by atoms with van der Waals surface area (Å²) in [5.41, 5.74) is 0.755. The number of carboxylic acids is 2. The number of aromatic nitrogens is 1. The van der Waals surface area contributed by atoms with Crippen LogP contribution in [-0.2, 0) is 16.6 Å². The Kier molecular flexibility index (Phi) is 7.93. The summed E-state index contributed by atoms with van der Waals surface area (Å²) in [5.74, 6) is -2.61. The molecule has 0 saturated carbocycles. The average molecular weight is 431 g/mol. The highest BCUT2D eigenvalue weighted by molar-refractivity contribution is 6.06. The van der Waals surface area contributed by atoms with Gasteiger partial charge in [-0.15, -0.1) is 0 Å². The van der Waals surface area contributed by atoms with Gasteiger partial charge < -0.3 is 24.6 Å². The molecule has 31 heavy (non-hydrogen) atoms. The smallest absolute Gasteiger partial charge is 0.308 e. The first-order chi connectivity index (χ1) is 14.5. The van der Waals surface area contributed by atoms with Gasteiger partial charge in [0.25, 0.3) is 17.4 Å². The van der Waals surface area contributed by atoms with Crippen LogP contribution >= 0.6 is 0 Å². The third-order valence-electron chi connectivity index (χ3n) is 5.47. The number of para-hydroxylation sites is 1. The molecular weight excluding hydrogens is 402 g/mol. The Morgan fingerprint density at radius 3 is 2.26 bits per heavy atom. The molecule has 1 aromatic heterocycles. The van der Waals surface area contributed by atoms with Gasteiger partial charge in [-0.05, 0) is 33.0 Å². The molecule has 0 aliphatic carbocycles. The zero-order valence-corrected chi connectivity index (χ0v) is 18.2. The van der Waals surface area contributed by atoms with Crippen molar-refractivity contribution >= 4 is 28.7 Å². The van der Waals surface area contributed by atoms with E-state index in [0.29, 0.717) is 35.9 Å². The summed E-state index contributed by atoms with van der Waals surface area (Å²) in [6, 6.07) is 8.71. The summed E-state index contributed by atoms with van der Waals surface area (Å²) in [6.45, 7) is 1.68. The Labute approximate surface area is 180 Å². The number of hydrogen-bond donors (Lipinski definition) is 2. The molecule has 2 atom stereocenters. The van der Waals surface area contributed by atoms with E-state index in [-0.39, 0.29) is 24.1 Å². The summed E-state index contributed by atoms with van der Waals surface area (Å²) < 4.78 is 1.51. The van der Waals surface area contributed by atoms with Gasteiger partial charge in [0.05, 0.1) is 17.0 Å². The van der Waals surface area contributed by atoms with Crippen molar-refractivity contribution in [3.63, 3.8) is 0 Å². The lowest BCUT2D eigenvalue weighted by atomic mass is 10.0. The molecular formula is C22H29N3O6. The van der Waals surface area contributed by atoms with Crippen LogP contribution in [0.25, 0.3) is 10.9 Å². The summed E-state index contributed by atoms with van der Waals surface area (Å²) >= 11 is 0. The molecule has 9 nitrogen and oxygen atoms in total. The van der Waals surface area contributed by atoms with Crippen LogP contribution in [-0.4, -0.2) is 75.7 Å². The van der Waals surface area contributed by atoms with Crippen molar-refractivity contribution in [3.8, 4) is 0 Å². The molecule has 1 amide bonds. The molecule has 1 fully saturated rings. The van der Waals surface area contributed by atoms with E-state index in [0.717, 1.165) is 6.92 Å². The van der Waals surface area contributed by atoms with Crippen LogP contribution in [0.15, 0.2) is 35.1 Å². The Morgan fingerprint density at radius 1 is 1.06 bits per heavy atom. The molecule has 2 N–H and O–H groups in total. The molecule has 1 saturated heterocycles. The number of hydrogen-bond acceptors (Lipinski definition) is 5. The molecule has 3 rings (SSSR count). The van der Waals surface area contributed by atoms with Crippen LogP contribution in [0.1, 0.15) is 30.1 Å². The summed E-state index contributed by atoms with van der Waals surface area (Å²) in [5, 5.41) is 17.6. The number of likely N-dealkylation sites (N-methyl/N-ethyl adjacent to an activating group) is 1. The number of fused-ring (bicyclic) bond motifs is 1. The number of aryl methyl sites for hydroxylation is 1. The molecule has 0 radical (unpaired) electrons. The van der Waals surface area contributed by atoms with E-state index in [1.165, 1.54) is 10.6 Å². The Morgan fingerprint density at radius 2 is 1.68 bits per heavy atom. The van der Waals surface area contributed by atoms with E-state index in [2.05, 4.69) is 0 Å². The minimum Gasteiger partial charge on any atom is -0.481 e. The molecule has 9 heteroatoms. The lowest BCUT2D eigenvalue weighted by Crippen LogP contribution is -2.43. The van der Waals surface area contributed by atoms with Gasteiger partial charge in [-0.1, -0.05) is 18.2 Å². The minimum atomic E-state index is -0.888. The maximum Gasteiger partial charge on any atom is 0.308 e. The normalized spacial score (nSPS) is 18.8. The fourth-order valence-electron chi connectivity index (χ4n) is 3.72. The lowest BCUT2D eigenvalue weighted by Gasteiger charge is -2.29. The number of amides is 1. The van der Waals surface area contributed by atoms with Crippen molar-refractivity contribution in [2.45, 2.75) is 25.8 Å². The van der Waals surface area contributed by atoms with Crippen molar-refractivity contribution < 1.29 is 24.6 Å². The molecule has 0 spiro atoms. The monoisotopic (exact) mass is 431 g/mol. The Bertz CT molecular complexity index is 1030. The number of benzene rings is 1. The van der Waals surface area contributed by atoms with Crippen LogP contribution in [0.3, 0.4) is 0 Å². The number of nitrogens with zero attached hydrogens (tertiary/aromatic N) is 3. The quantitative estimate of drug-likeness (QED) is 0.755. The van der Waals surface area contributed by atoms with Crippen molar-refractivity contribution in [1.82, 2.24) is 14.4 Å². The number of rotatable bonds is 3. The van der Waals surface area contributed by atoms with Crippen molar-refractivity contribution in [1.29, 1.82) is 0 Å². The third kappa shape index (κ3) is 5.91. The van der Waals surface area contributed by atoms with Gasteiger partial charge in [-0.25, -0.2) is 0 Å². The van der Waals surface area contributed by atoms with E-state index in [4.69, 9.17) is 9.90 Å². The van der Waals surface area contributed by atoms with Gasteiger partial charge >= 0.3 is 5.97 Å². The van der Waals surface area contributed by atoms with Crippen molar-refractivity contribution in [2.75, 3.05) is 27.2 Å². The zero-order chi connectivity index (χ0) is 23.3. The lowest BCUT2D eigenvalue weighted by molar-refractivity contribution is -0.142. The molecule has 1 aliphatic heterocycles. The second kappa shape index (κ2) is 10.2. The first-order valence-electron chi connectivity index (χ1n) is 9.99. The largest absolute Gasteiger partial charge is 0.481 e. The molecule has 2 aromatic rings. The zero-order valence-electron chi connectivity index (χ0n) is 18.2. The number of carboxylic acid groups (broad SMARTS) is 2. The number of pyridine rings is 1. The van der Waals surface area contributed by atoms with Crippen LogP contribution in [0.2, 0.25) is 0 Å². The topological polar surface area (TPSA) is 120 Å². The number of likely N-dealkylation sites (tertiary alicyclic amines) is 1. The minimum absolute atomic E-state index is 0.0797. The fourth-order valence-corrected chi connectivity index (χ4v) is 3.72. The molecule has 0 bridgehead atoms. The van der Waals surface area contributed by atoms with Gasteiger partial charge in [0.2, 0.25) is 0 Å². The van der Waals surface area contributed by atoms with Crippen LogP contribution < -0.4 is 5.56 Å². The highest BCUT2D eigenvalue weighted by atomic mass is 16.4. The fraction of sp³-hybridized carbons (Fsp3) is 0.455. The highest BCUT2D eigenvalue weighted by Crippen LogP contribution is 2.23. The Balaban J connectivity index is 0.000000785. The van der Waals surface area contributed by atoms with Gasteiger partial charge in [-0.2, -0.15) is 0 Å². The average Bonchev–Trinajstić information content (AvgIpc) is 2.93. The maximum absolute atomic E-state index is 13.3. The summed E-state index contributed by atoms with van der Waals surface area (Å²) in [4.78, 5) is 49.9. The number of carbonyl (C=O) groups is 3. The van der Waals surface area contributed by atoms with E-state index in [1.807, 2.05) is 37.2 Å². The first kappa shape index (κ1) is 24.1. The standard InChI is InChI=1S/C20H25N3O4.C2H4O2/c1-21(2)14-9-8-13(20(26)27)11-23(12-14)19(25)16-10-18(24)22(3)17-7-5-4-6-15(16)17;1-2(3)4/h4-7,10,13-14H,8-9,11-12H2,1-3H3,(H,26,27);1H3,(H,3,4)/t13-,14+;/m0./s1. The van der Waals surface area contributed by atoms with Crippen LogP contribution in [0.4, 0.5) is 0 Å². The predicted octanol–water partition coefficient (Wildman–Crippen LogP) is 1.50. The summed E-state index contributed by atoms with van der Waals surface area (Å²) in [7, 11) is 5.54. The van der Waals surface area contributed by atoms with Crippen LogP contribution in [0.5, 0.6) is 0 Å². The van der Waals surface area contributed by atoms with E-state index in [1.54, 1.807) is 18.0 Å². The number of aliphatic carboxylic acids is 2. The Hall–Kier alpha value is -3.20. The SMILES string of the molecule is CC(=O)O.CN(C)[C@@H]1CC[C@H](C(=O)O)CN(C(=O)c2cc(=O)n(C)c3ccccc23)C1. The first-order valence-corrected chi connectivity index (χ1v) is 9.99. The van der Waals surface area contributed by atoms with Crippen LogP contribution in [0, 0.1) is 5.92 Å². The molecule has 168 valence electrons. The van der Waals surface area contributed by atoms with Crippen molar-refractivity contribution in [2.24, 2.45) is 13.0 Å².